The summed E-state index contributed by atoms with van der Waals surface area (Å²) in [5.74, 6) is -0.175. The number of rotatable bonds is 4. The van der Waals surface area contributed by atoms with E-state index in [1.54, 1.807) is 6.92 Å². The van der Waals surface area contributed by atoms with Crippen LogP contribution in [0.3, 0.4) is 0 Å². The van der Waals surface area contributed by atoms with Gasteiger partial charge in [-0.1, -0.05) is 34.8 Å². The van der Waals surface area contributed by atoms with Crippen LogP contribution in [0.15, 0.2) is 40.5 Å². The van der Waals surface area contributed by atoms with Crippen molar-refractivity contribution in [3.63, 3.8) is 0 Å². The molecular formula is C15H10Cl3N3O3. The first kappa shape index (κ1) is 18.2. The first-order valence-corrected chi connectivity index (χ1v) is 7.63. The summed E-state index contributed by atoms with van der Waals surface area (Å²) in [6.45, 7) is 1.60. The largest absolute Gasteiger partial charge is 0.506 e. The van der Waals surface area contributed by atoms with Crippen molar-refractivity contribution >= 4 is 52.4 Å². The van der Waals surface area contributed by atoms with Crippen molar-refractivity contribution in [3.05, 3.63) is 66.6 Å². The SMILES string of the molecule is CC(=NN=Cc1cc(Cl)cc(Cl)c1O)c1cc([N+](=O)[O-])ccc1Cl. The van der Waals surface area contributed by atoms with Crippen molar-refractivity contribution in [2.75, 3.05) is 0 Å². The van der Waals surface area contributed by atoms with Gasteiger partial charge in [-0.25, -0.2) is 0 Å². The summed E-state index contributed by atoms with van der Waals surface area (Å²) < 4.78 is 0. The van der Waals surface area contributed by atoms with Crippen LogP contribution in [0.25, 0.3) is 0 Å². The van der Waals surface area contributed by atoms with Crippen molar-refractivity contribution in [2.45, 2.75) is 6.92 Å². The predicted octanol–water partition coefficient (Wildman–Crippen LogP) is 5.10. The van der Waals surface area contributed by atoms with Crippen LogP contribution in [-0.2, 0) is 0 Å². The van der Waals surface area contributed by atoms with E-state index in [1.807, 2.05) is 0 Å². The molecule has 2 aromatic carbocycles. The molecule has 0 fully saturated rings. The van der Waals surface area contributed by atoms with Gasteiger partial charge < -0.3 is 5.11 Å². The standard InChI is InChI=1S/C15H10Cl3N3O3/c1-8(12-6-11(21(23)24)2-3-13(12)17)20-19-7-9-4-10(16)5-14(18)15(9)22/h2-7,22H,1H3. The average molecular weight is 387 g/mol. The first-order chi connectivity index (χ1) is 11.3. The minimum absolute atomic E-state index is 0.0892. The van der Waals surface area contributed by atoms with Gasteiger partial charge in [0, 0.05) is 28.3 Å². The molecule has 0 aromatic heterocycles. The highest BCUT2D eigenvalue weighted by molar-refractivity contribution is 6.36. The second kappa shape index (κ2) is 7.61. The summed E-state index contributed by atoms with van der Waals surface area (Å²) in [5, 5.41) is 29.1. The van der Waals surface area contributed by atoms with E-state index in [4.69, 9.17) is 34.8 Å². The number of aromatic hydroxyl groups is 1. The van der Waals surface area contributed by atoms with Crippen LogP contribution in [-0.4, -0.2) is 22.0 Å². The lowest BCUT2D eigenvalue weighted by Gasteiger charge is -2.03. The van der Waals surface area contributed by atoms with Crippen LogP contribution in [0.5, 0.6) is 5.75 Å². The number of nitro benzene ring substituents is 1. The number of hydrogen-bond acceptors (Lipinski definition) is 5. The minimum atomic E-state index is -0.525. The van der Waals surface area contributed by atoms with Crippen LogP contribution in [0, 0.1) is 10.1 Å². The predicted molar refractivity (Wildman–Crippen MR) is 96.0 cm³/mol. The summed E-state index contributed by atoms with van der Waals surface area (Å²) >= 11 is 17.7. The number of non-ortho nitro benzene ring substituents is 1. The summed E-state index contributed by atoms with van der Waals surface area (Å²) in [5.41, 5.74) is 0.935. The van der Waals surface area contributed by atoms with Gasteiger partial charge in [0.15, 0.2) is 0 Å². The molecule has 2 aromatic rings. The van der Waals surface area contributed by atoms with Gasteiger partial charge in [-0.15, -0.1) is 0 Å². The van der Waals surface area contributed by atoms with Gasteiger partial charge in [0.05, 0.1) is 26.9 Å². The van der Waals surface area contributed by atoms with Gasteiger partial charge in [0.25, 0.3) is 5.69 Å². The highest BCUT2D eigenvalue weighted by Gasteiger charge is 2.12. The molecule has 0 atom stereocenters. The third kappa shape index (κ3) is 4.23. The van der Waals surface area contributed by atoms with E-state index in [0.717, 1.165) is 0 Å². The molecule has 0 aliphatic rings. The van der Waals surface area contributed by atoms with E-state index in [-0.39, 0.29) is 22.0 Å². The van der Waals surface area contributed by atoms with Gasteiger partial charge >= 0.3 is 0 Å². The molecule has 0 unspecified atom stereocenters. The molecule has 1 N–H and O–H groups in total. The van der Waals surface area contributed by atoms with Crippen LogP contribution < -0.4 is 0 Å². The molecule has 0 saturated carbocycles. The Balaban J connectivity index is 2.33. The Hall–Kier alpha value is -2.15. The van der Waals surface area contributed by atoms with E-state index >= 15 is 0 Å². The van der Waals surface area contributed by atoms with Gasteiger partial charge in [0.2, 0.25) is 0 Å². The summed E-state index contributed by atoms with van der Waals surface area (Å²) in [6.07, 6.45) is 1.27. The molecule has 9 heteroatoms. The Morgan fingerprint density at radius 2 is 1.92 bits per heavy atom. The Morgan fingerprint density at radius 3 is 2.58 bits per heavy atom. The lowest BCUT2D eigenvalue weighted by Crippen LogP contribution is -1.98. The van der Waals surface area contributed by atoms with E-state index in [0.29, 0.717) is 21.3 Å². The first-order valence-electron chi connectivity index (χ1n) is 6.49. The van der Waals surface area contributed by atoms with E-state index in [9.17, 15) is 15.2 Å². The zero-order valence-electron chi connectivity index (χ0n) is 12.2. The maximum Gasteiger partial charge on any atom is 0.270 e. The number of phenolic OH excluding ortho intramolecular Hbond substituents is 1. The van der Waals surface area contributed by atoms with Crippen LogP contribution >= 0.6 is 34.8 Å². The number of hydrogen-bond donors (Lipinski definition) is 1. The molecule has 0 aliphatic heterocycles. The Labute approximate surface area is 152 Å². The fourth-order valence-electron chi connectivity index (χ4n) is 1.82. The highest BCUT2D eigenvalue weighted by atomic mass is 35.5. The van der Waals surface area contributed by atoms with E-state index in [2.05, 4.69) is 10.2 Å². The molecule has 0 aliphatic carbocycles. The molecular weight excluding hydrogens is 377 g/mol. The van der Waals surface area contributed by atoms with Gasteiger partial charge in [-0.2, -0.15) is 10.2 Å². The molecule has 0 heterocycles. The lowest BCUT2D eigenvalue weighted by molar-refractivity contribution is -0.384. The van der Waals surface area contributed by atoms with Crippen molar-refractivity contribution in [1.29, 1.82) is 0 Å². The second-order valence-corrected chi connectivity index (χ2v) is 5.93. The van der Waals surface area contributed by atoms with E-state index in [1.165, 1.54) is 36.5 Å². The average Bonchev–Trinajstić information content (AvgIpc) is 2.51. The van der Waals surface area contributed by atoms with Crippen LogP contribution in [0.1, 0.15) is 18.1 Å². The molecule has 0 spiro atoms. The maximum absolute atomic E-state index is 10.8. The summed E-state index contributed by atoms with van der Waals surface area (Å²) in [7, 11) is 0. The van der Waals surface area contributed by atoms with Crippen molar-refractivity contribution in [2.24, 2.45) is 10.2 Å². The fraction of sp³-hybridized carbons (Fsp3) is 0.0667. The molecule has 124 valence electrons. The minimum Gasteiger partial charge on any atom is -0.506 e. The molecule has 2 rings (SSSR count). The topological polar surface area (TPSA) is 88.1 Å². The van der Waals surface area contributed by atoms with Gasteiger partial charge in [-0.3, -0.25) is 10.1 Å². The van der Waals surface area contributed by atoms with Crippen LogP contribution in [0.4, 0.5) is 5.69 Å². The fourth-order valence-corrected chi connectivity index (χ4v) is 2.58. The Kier molecular flexibility index (Phi) is 5.77. The van der Waals surface area contributed by atoms with E-state index < -0.39 is 4.92 Å². The lowest BCUT2D eigenvalue weighted by atomic mass is 10.1. The normalized spacial score (nSPS) is 11.9. The van der Waals surface area contributed by atoms with Gasteiger partial charge in [0.1, 0.15) is 5.75 Å². The number of nitrogens with zero attached hydrogens (tertiary/aromatic N) is 3. The third-order valence-electron chi connectivity index (χ3n) is 3.01. The molecule has 0 amide bonds. The molecule has 24 heavy (non-hydrogen) atoms. The Morgan fingerprint density at radius 1 is 1.21 bits per heavy atom. The number of nitro groups is 1. The monoisotopic (exact) mass is 385 g/mol. The zero-order valence-corrected chi connectivity index (χ0v) is 14.5. The quantitative estimate of drug-likeness (QED) is 0.450. The number of halogens is 3. The van der Waals surface area contributed by atoms with Gasteiger partial charge in [-0.05, 0) is 25.1 Å². The summed E-state index contributed by atoms with van der Waals surface area (Å²) in [6, 6.07) is 6.89. The van der Waals surface area contributed by atoms with Crippen molar-refractivity contribution < 1.29 is 10.0 Å². The Bertz CT molecular complexity index is 867. The zero-order chi connectivity index (χ0) is 17.9. The molecule has 0 bridgehead atoms. The smallest absolute Gasteiger partial charge is 0.270 e. The summed E-state index contributed by atoms with van der Waals surface area (Å²) in [4.78, 5) is 10.3. The van der Waals surface area contributed by atoms with Crippen LogP contribution in [0.2, 0.25) is 15.1 Å². The molecule has 6 nitrogen and oxygen atoms in total. The number of benzene rings is 2. The van der Waals surface area contributed by atoms with Crippen molar-refractivity contribution in [1.82, 2.24) is 0 Å². The van der Waals surface area contributed by atoms with Crippen molar-refractivity contribution in [3.8, 4) is 5.75 Å². The number of phenols is 1. The highest BCUT2D eigenvalue weighted by Crippen LogP contribution is 2.30. The molecule has 0 radical (unpaired) electrons. The second-order valence-electron chi connectivity index (χ2n) is 4.68. The third-order valence-corrected chi connectivity index (χ3v) is 3.85. The molecule has 0 saturated heterocycles. The maximum atomic E-state index is 10.8.